The van der Waals surface area contributed by atoms with Crippen molar-refractivity contribution in [1.29, 1.82) is 0 Å². The van der Waals surface area contributed by atoms with Gasteiger partial charge in [0.2, 0.25) is 5.91 Å². The van der Waals surface area contributed by atoms with Gasteiger partial charge in [0.15, 0.2) is 0 Å². The van der Waals surface area contributed by atoms with Crippen LogP contribution in [-0.4, -0.2) is 24.8 Å². The number of carbonyl (C=O) groups is 1. The molecule has 0 aromatic heterocycles. The maximum absolute atomic E-state index is 12.0. The number of hydrogen-bond donors (Lipinski definition) is 2. The molecule has 0 heterocycles. The number of hydrogen-bond acceptors (Lipinski definition) is 4. The summed E-state index contributed by atoms with van der Waals surface area (Å²) in [5, 5.41) is 3.11. The number of methoxy groups -OCH3 is 1. The molecule has 110 valence electrons. The standard InChI is InChI=1S/C15H22N2O2S/c1-19-13-9-11(16)7-8-14(13)20-10-15(18)17-12-5-3-2-4-6-12/h7-9,12H,2-6,10,16H2,1H3,(H,17,18). The molecule has 3 N–H and O–H groups in total. The second-order valence-corrected chi connectivity index (χ2v) is 6.12. The number of nitrogen functional groups attached to an aromatic ring is 1. The second kappa shape index (κ2) is 7.43. The fraction of sp³-hybridized carbons (Fsp3) is 0.533. The third-order valence-electron chi connectivity index (χ3n) is 3.52. The summed E-state index contributed by atoms with van der Waals surface area (Å²) in [7, 11) is 1.61. The topological polar surface area (TPSA) is 64.3 Å². The highest BCUT2D eigenvalue weighted by atomic mass is 32.2. The van der Waals surface area contributed by atoms with E-state index in [1.807, 2.05) is 12.1 Å². The minimum atomic E-state index is 0.0979. The lowest BCUT2D eigenvalue weighted by atomic mass is 9.95. The summed E-state index contributed by atoms with van der Waals surface area (Å²) < 4.78 is 5.28. The van der Waals surface area contributed by atoms with Gasteiger partial charge in [0.05, 0.1) is 12.9 Å². The predicted molar refractivity (Wildman–Crippen MR) is 83.1 cm³/mol. The largest absolute Gasteiger partial charge is 0.496 e. The molecule has 1 aromatic carbocycles. The number of benzene rings is 1. The van der Waals surface area contributed by atoms with E-state index in [4.69, 9.17) is 10.5 Å². The molecule has 1 amide bonds. The second-order valence-electron chi connectivity index (χ2n) is 5.10. The zero-order valence-corrected chi connectivity index (χ0v) is 12.7. The van der Waals surface area contributed by atoms with Crippen LogP contribution in [0.2, 0.25) is 0 Å². The van der Waals surface area contributed by atoms with Gasteiger partial charge in [-0.25, -0.2) is 0 Å². The van der Waals surface area contributed by atoms with Gasteiger partial charge in [-0.3, -0.25) is 4.79 Å². The van der Waals surface area contributed by atoms with Crippen LogP contribution in [0.5, 0.6) is 5.75 Å². The molecule has 2 rings (SSSR count). The van der Waals surface area contributed by atoms with Gasteiger partial charge in [-0.1, -0.05) is 19.3 Å². The molecule has 0 unspecified atom stereocenters. The lowest BCUT2D eigenvalue weighted by Crippen LogP contribution is -2.37. The Morgan fingerprint density at radius 2 is 2.15 bits per heavy atom. The summed E-state index contributed by atoms with van der Waals surface area (Å²) in [6.07, 6.45) is 5.97. The zero-order valence-electron chi connectivity index (χ0n) is 11.9. The van der Waals surface area contributed by atoms with Crippen LogP contribution in [-0.2, 0) is 4.79 Å². The number of thioether (sulfide) groups is 1. The summed E-state index contributed by atoms with van der Waals surface area (Å²) in [4.78, 5) is 12.9. The van der Waals surface area contributed by atoms with E-state index in [-0.39, 0.29) is 5.91 Å². The molecule has 0 spiro atoms. The van der Waals surface area contributed by atoms with Crippen molar-refractivity contribution < 1.29 is 9.53 Å². The summed E-state index contributed by atoms with van der Waals surface area (Å²) in [6, 6.07) is 5.86. The van der Waals surface area contributed by atoms with Crippen LogP contribution < -0.4 is 15.8 Å². The molecule has 4 nitrogen and oxygen atoms in total. The molecule has 0 radical (unpaired) electrons. The van der Waals surface area contributed by atoms with Crippen LogP contribution in [0.4, 0.5) is 5.69 Å². The first-order chi connectivity index (χ1) is 9.69. The highest BCUT2D eigenvalue weighted by Crippen LogP contribution is 2.30. The van der Waals surface area contributed by atoms with Gasteiger partial charge in [-0.2, -0.15) is 0 Å². The Morgan fingerprint density at radius 3 is 2.85 bits per heavy atom. The van der Waals surface area contributed by atoms with E-state index in [1.54, 1.807) is 13.2 Å². The first-order valence-corrected chi connectivity index (χ1v) is 8.03. The van der Waals surface area contributed by atoms with Crippen molar-refractivity contribution in [2.75, 3.05) is 18.6 Å². The maximum Gasteiger partial charge on any atom is 0.230 e. The van der Waals surface area contributed by atoms with Gasteiger partial charge in [0.25, 0.3) is 0 Å². The molecule has 0 saturated heterocycles. The highest BCUT2D eigenvalue weighted by Gasteiger charge is 2.16. The van der Waals surface area contributed by atoms with E-state index < -0.39 is 0 Å². The number of carbonyl (C=O) groups excluding carboxylic acids is 1. The molecule has 5 heteroatoms. The molecule has 20 heavy (non-hydrogen) atoms. The molecule has 1 saturated carbocycles. The van der Waals surface area contributed by atoms with E-state index >= 15 is 0 Å². The smallest absolute Gasteiger partial charge is 0.230 e. The summed E-state index contributed by atoms with van der Waals surface area (Å²) in [5.41, 5.74) is 6.38. The van der Waals surface area contributed by atoms with E-state index in [0.717, 1.165) is 23.5 Å². The van der Waals surface area contributed by atoms with Crippen molar-refractivity contribution in [1.82, 2.24) is 5.32 Å². The SMILES string of the molecule is COc1cc(N)ccc1SCC(=O)NC1CCCCC1. The van der Waals surface area contributed by atoms with Crippen LogP contribution in [0.1, 0.15) is 32.1 Å². The Balaban J connectivity index is 1.83. The lowest BCUT2D eigenvalue weighted by Gasteiger charge is -2.22. The van der Waals surface area contributed by atoms with Crippen LogP contribution in [0.3, 0.4) is 0 Å². The maximum atomic E-state index is 12.0. The minimum absolute atomic E-state index is 0.0979. The Kier molecular flexibility index (Phi) is 5.59. The highest BCUT2D eigenvalue weighted by molar-refractivity contribution is 8.00. The Hall–Kier alpha value is -1.36. The minimum Gasteiger partial charge on any atom is -0.496 e. The quantitative estimate of drug-likeness (QED) is 0.647. The molecule has 0 aliphatic heterocycles. The first-order valence-electron chi connectivity index (χ1n) is 7.04. The van der Waals surface area contributed by atoms with Crippen LogP contribution in [0.25, 0.3) is 0 Å². The summed E-state index contributed by atoms with van der Waals surface area (Å²) in [6.45, 7) is 0. The number of anilines is 1. The van der Waals surface area contributed by atoms with Gasteiger partial charge in [-0.05, 0) is 25.0 Å². The number of rotatable bonds is 5. The van der Waals surface area contributed by atoms with Crippen molar-refractivity contribution in [3.63, 3.8) is 0 Å². The van der Waals surface area contributed by atoms with E-state index in [0.29, 0.717) is 17.5 Å². The fourth-order valence-electron chi connectivity index (χ4n) is 2.46. The van der Waals surface area contributed by atoms with E-state index in [9.17, 15) is 4.79 Å². The van der Waals surface area contributed by atoms with Gasteiger partial charge in [0, 0.05) is 22.7 Å². The summed E-state index contributed by atoms with van der Waals surface area (Å²) >= 11 is 1.48. The van der Waals surface area contributed by atoms with Crippen molar-refractivity contribution in [2.45, 2.75) is 43.0 Å². The molecule has 1 aliphatic carbocycles. The fourth-order valence-corrected chi connectivity index (χ4v) is 3.28. The average Bonchev–Trinajstić information content (AvgIpc) is 2.47. The normalized spacial score (nSPS) is 15.8. The number of nitrogens with two attached hydrogens (primary N) is 1. The van der Waals surface area contributed by atoms with Crippen LogP contribution in [0.15, 0.2) is 23.1 Å². The number of ether oxygens (including phenoxy) is 1. The molecule has 1 aliphatic rings. The average molecular weight is 294 g/mol. The number of nitrogens with one attached hydrogen (secondary N) is 1. The van der Waals surface area contributed by atoms with Crippen LogP contribution >= 0.6 is 11.8 Å². The third kappa shape index (κ3) is 4.34. The molecule has 1 aromatic rings. The van der Waals surface area contributed by atoms with Crippen LogP contribution in [0, 0.1) is 0 Å². The molecular formula is C15H22N2O2S. The first kappa shape index (κ1) is 15.0. The number of amides is 1. The van der Waals surface area contributed by atoms with Crippen molar-refractivity contribution >= 4 is 23.4 Å². The predicted octanol–water partition coefficient (Wildman–Crippen LogP) is 2.82. The van der Waals surface area contributed by atoms with E-state index in [1.165, 1.54) is 31.0 Å². The van der Waals surface area contributed by atoms with Gasteiger partial charge < -0.3 is 15.8 Å². The van der Waals surface area contributed by atoms with Crippen molar-refractivity contribution in [2.24, 2.45) is 0 Å². The third-order valence-corrected chi connectivity index (χ3v) is 4.57. The monoisotopic (exact) mass is 294 g/mol. The van der Waals surface area contributed by atoms with Crippen molar-refractivity contribution in [3.8, 4) is 5.75 Å². The lowest BCUT2D eigenvalue weighted by molar-refractivity contribution is -0.119. The summed E-state index contributed by atoms with van der Waals surface area (Å²) in [5.74, 6) is 1.23. The molecule has 1 fully saturated rings. The van der Waals surface area contributed by atoms with E-state index in [2.05, 4.69) is 5.32 Å². The molecular weight excluding hydrogens is 272 g/mol. The Labute approximate surface area is 124 Å². The van der Waals surface area contributed by atoms with Crippen molar-refractivity contribution in [3.05, 3.63) is 18.2 Å². The molecule has 0 atom stereocenters. The Bertz CT molecular complexity index is 459. The Morgan fingerprint density at radius 1 is 1.40 bits per heavy atom. The van der Waals surface area contributed by atoms with Gasteiger partial charge in [0.1, 0.15) is 5.75 Å². The van der Waals surface area contributed by atoms with Gasteiger partial charge >= 0.3 is 0 Å². The molecule has 0 bridgehead atoms. The zero-order chi connectivity index (χ0) is 14.4. The van der Waals surface area contributed by atoms with Gasteiger partial charge in [-0.15, -0.1) is 11.8 Å².